The van der Waals surface area contributed by atoms with E-state index in [2.05, 4.69) is 10.3 Å². The zero-order chi connectivity index (χ0) is 19.2. The van der Waals surface area contributed by atoms with Crippen molar-refractivity contribution in [3.63, 3.8) is 0 Å². The molecule has 2 aromatic carbocycles. The number of aryl methyl sites for hydroxylation is 1. The van der Waals surface area contributed by atoms with Gasteiger partial charge in [-0.15, -0.1) is 11.8 Å². The van der Waals surface area contributed by atoms with Crippen molar-refractivity contribution in [2.75, 3.05) is 12.9 Å². The van der Waals surface area contributed by atoms with Crippen LogP contribution in [0.5, 0.6) is 0 Å². The number of thioether (sulfide) groups is 1. The van der Waals surface area contributed by atoms with E-state index < -0.39 is 12.0 Å². The molecule has 3 rings (SSSR count). The summed E-state index contributed by atoms with van der Waals surface area (Å²) in [5.74, 6) is -0.408. The van der Waals surface area contributed by atoms with Gasteiger partial charge in [-0.3, -0.25) is 4.79 Å². The second-order valence-electron chi connectivity index (χ2n) is 6.31. The molecule has 1 amide bonds. The summed E-state index contributed by atoms with van der Waals surface area (Å²) in [4.78, 5) is 28.7. The molecule has 1 heterocycles. The number of aromatic nitrogens is 1. The Bertz CT molecular complexity index is 934. The fourth-order valence-corrected chi connectivity index (χ4v) is 3.58. The van der Waals surface area contributed by atoms with Gasteiger partial charge in [0.2, 0.25) is 5.91 Å². The van der Waals surface area contributed by atoms with Gasteiger partial charge in [0.05, 0.1) is 12.9 Å². The summed E-state index contributed by atoms with van der Waals surface area (Å²) in [7, 11) is 1.33. The zero-order valence-corrected chi connectivity index (χ0v) is 16.1. The quantitative estimate of drug-likeness (QED) is 0.485. The minimum Gasteiger partial charge on any atom is -0.467 e. The van der Waals surface area contributed by atoms with Gasteiger partial charge >= 0.3 is 5.97 Å². The van der Waals surface area contributed by atoms with Crippen LogP contribution in [-0.4, -0.2) is 35.8 Å². The molecule has 0 aliphatic carbocycles. The highest BCUT2D eigenvalue weighted by atomic mass is 32.2. The lowest BCUT2D eigenvalue weighted by molar-refractivity contribution is -0.144. The summed E-state index contributed by atoms with van der Waals surface area (Å²) in [5.41, 5.74) is 3.14. The number of carbonyl (C=O) groups is 2. The van der Waals surface area contributed by atoms with Gasteiger partial charge in [-0.1, -0.05) is 35.9 Å². The number of amides is 1. The van der Waals surface area contributed by atoms with Crippen LogP contribution >= 0.6 is 11.8 Å². The molecule has 0 unspecified atom stereocenters. The summed E-state index contributed by atoms with van der Waals surface area (Å²) in [6.45, 7) is 2.02. The van der Waals surface area contributed by atoms with Gasteiger partial charge in [-0.2, -0.15) is 0 Å². The van der Waals surface area contributed by atoms with Crippen molar-refractivity contribution >= 4 is 34.5 Å². The number of carbonyl (C=O) groups excluding carboxylic acids is 2. The van der Waals surface area contributed by atoms with Crippen molar-refractivity contribution in [1.82, 2.24) is 10.3 Å². The molecule has 5 nitrogen and oxygen atoms in total. The fraction of sp³-hybridized carbons (Fsp3) is 0.238. The van der Waals surface area contributed by atoms with E-state index >= 15 is 0 Å². The minimum absolute atomic E-state index is 0.198. The maximum atomic E-state index is 12.4. The van der Waals surface area contributed by atoms with Crippen molar-refractivity contribution in [1.29, 1.82) is 0 Å². The first-order chi connectivity index (χ1) is 13.1. The summed E-state index contributed by atoms with van der Waals surface area (Å²) in [6.07, 6.45) is 2.24. The Kier molecular flexibility index (Phi) is 6.19. The third-order valence-corrected chi connectivity index (χ3v) is 5.32. The Hall–Kier alpha value is -2.73. The molecule has 0 aliphatic heterocycles. The van der Waals surface area contributed by atoms with Crippen molar-refractivity contribution in [3.05, 3.63) is 65.9 Å². The molecular weight excluding hydrogens is 360 g/mol. The van der Waals surface area contributed by atoms with E-state index in [-0.39, 0.29) is 11.7 Å². The van der Waals surface area contributed by atoms with Crippen LogP contribution in [0.25, 0.3) is 10.9 Å². The molecule has 140 valence electrons. The predicted molar refractivity (Wildman–Crippen MR) is 108 cm³/mol. The first kappa shape index (κ1) is 19.0. The monoisotopic (exact) mass is 382 g/mol. The topological polar surface area (TPSA) is 71.2 Å². The lowest BCUT2D eigenvalue weighted by Gasteiger charge is -2.16. The Morgan fingerprint density at radius 1 is 1.15 bits per heavy atom. The molecule has 27 heavy (non-hydrogen) atoms. The molecule has 0 saturated heterocycles. The first-order valence-electron chi connectivity index (χ1n) is 8.68. The van der Waals surface area contributed by atoms with E-state index in [0.29, 0.717) is 6.42 Å². The lowest BCUT2D eigenvalue weighted by atomic mass is 10.0. The Labute approximate surface area is 162 Å². The van der Waals surface area contributed by atoms with Gasteiger partial charge in [0.15, 0.2) is 0 Å². The number of benzene rings is 2. The molecule has 0 bridgehead atoms. The Balaban J connectivity index is 1.65. The maximum Gasteiger partial charge on any atom is 0.328 e. The maximum absolute atomic E-state index is 12.4. The van der Waals surface area contributed by atoms with Gasteiger partial charge in [-0.25, -0.2) is 4.79 Å². The van der Waals surface area contributed by atoms with E-state index in [4.69, 9.17) is 4.74 Å². The number of ether oxygens (including phenoxy) is 1. The van der Waals surface area contributed by atoms with Gasteiger partial charge < -0.3 is 15.0 Å². The lowest BCUT2D eigenvalue weighted by Crippen LogP contribution is -2.43. The Morgan fingerprint density at radius 2 is 1.89 bits per heavy atom. The second-order valence-corrected chi connectivity index (χ2v) is 7.36. The van der Waals surface area contributed by atoms with Gasteiger partial charge in [0.25, 0.3) is 0 Å². The van der Waals surface area contributed by atoms with Crippen molar-refractivity contribution in [2.45, 2.75) is 24.3 Å². The van der Waals surface area contributed by atoms with Gasteiger partial charge in [-0.05, 0) is 30.7 Å². The number of hydrogen-bond acceptors (Lipinski definition) is 4. The zero-order valence-electron chi connectivity index (χ0n) is 15.3. The second kappa shape index (κ2) is 8.77. The summed E-state index contributed by atoms with van der Waals surface area (Å²) >= 11 is 1.44. The van der Waals surface area contributed by atoms with Crippen molar-refractivity contribution in [2.24, 2.45) is 0 Å². The van der Waals surface area contributed by atoms with E-state index in [0.717, 1.165) is 21.4 Å². The van der Waals surface area contributed by atoms with E-state index in [1.165, 1.54) is 24.4 Å². The predicted octanol–water partition coefficient (Wildman–Crippen LogP) is 3.47. The van der Waals surface area contributed by atoms with Gasteiger partial charge in [0, 0.05) is 28.4 Å². The molecule has 0 spiro atoms. The average molecular weight is 382 g/mol. The number of rotatable bonds is 7. The minimum atomic E-state index is -0.722. The molecule has 0 saturated carbocycles. The number of esters is 1. The number of fused-ring (bicyclic) bond motifs is 1. The van der Waals surface area contributed by atoms with E-state index in [1.807, 2.05) is 61.7 Å². The molecular formula is C21H22N2O3S. The molecule has 2 N–H and O–H groups in total. The first-order valence-corrected chi connectivity index (χ1v) is 9.67. The third-order valence-electron chi connectivity index (χ3n) is 4.31. The SMILES string of the molecule is COC(=O)[C@H](Cc1c[nH]c2ccccc12)NC(=O)CSc1ccc(C)cc1. The normalized spacial score (nSPS) is 11.9. The van der Waals surface area contributed by atoms with Crippen molar-refractivity contribution in [3.8, 4) is 0 Å². The number of aromatic amines is 1. The molecule has 1 aromatic heterocycles. The van der Waals surface area contributed by atoms with Crippen LogP contribution in [0.15, 0.2) is 59.6 Å². The van der Waals surface area contributed by atoms with Crippen LogP contribution < -0.4 is 5.32 Å². The number of methoxy groups -OCH3 is 1. The summed E-state index contributed by atoms with van der Waals surface area (Å²) < 4.78 is 4.88. The molecule has 6 heteroatoms. The standard InChI is InChI=1S/C21H22N2O3S/c1-14-7-9-16(10-8-14)27-13-20(24)23-19(21(25)26-2)11-15-12-22-18-6-4-3-5-17(15)18/h3-10,12,19,22H,11,13H2,1-2H3,(H,23,24)/t19-/m0/s1. The molecule has 0 radical (unpaired) electrons. The highest BCUT2D eigenvalue weighted by Gasteiger charge is 2.23. The molecule has 3 aromatic rings. The largest absolute Gasteiger partial charge is 0.467 e. The van der Waals surface area contributed by atoms with Crippen LogP contribution in [0.4, 0.5) is 0 Å². The highest BCUT2D eigenvalue weighted by Crippen LogP contribution is 2.20. The van der Waals surface area contributed by atoms with Crippen LogP contribution in [0.1, 0.15) is 11.1 Å². The summed E-state index contributed by atoms with van der Waals surface area (Å²) in [5, 5.41) is 3.84. The number of hydrogen-bond donors (Lipinski definition) is 2. The fourth-order valence-electron chi connectivity index (χ4n) is 2.88. The molecule has 1 atom stereocenters. The Morgan fingerprint density at radius 3 is 2.63 bits per heavy atom. The van der Waals surface area contributed by atoms with Crippen LogP contribution in [0.3, 0.4) is 0 Å². The van der Waals surface area contributed by atoms with E-state index in [9.17, 15) is 9.59 Å². The number of nitrogens with one attached hydrogen (secondary N) is 2. The van der Waals surface area contributed by atoms with Crippen LogP contribution in [0.2, 0.25) is 0 Å². The highest BCUT2D eigenvalue weighted by molar-refractivity contribution is 8.00. The smallest absolute Gasteiger partial charge is 0.328 e. The number of para-hydroxylation sites is 1. The number of H-pyrrole nitrogens is 1. The molecule has 0 fully saturated rings. The van der Waals surface area contributed by atoms with Gasteiger partial charge in [0.1, 0.15) is 6.04 Å². The van der Waals surface area contributed by atoms with Crippen LogP contribution in [-0.2, 0) is 20.7 Å². The summed E-state index contributed by atoms with van der Waals surface area (Å²) in [6, 6.07) is 15.1. The average Bonchev–Trinajstić information content (AvgIpc) is 3.09. The molecule has 0 aliphatic rings. The third kappa shape index (κ3) is 4.92. The van der Waals surface area contributed by atoms with Crippen LogP contribution in [0, 0.1) is 6.92 Å². The van der Waals surface area contributed by atoms with Crippen molar-refractivity contribution < 1.29 is 14.3 Å². The van der Waals surface area contributed by atoms with E-state index in [1.54, 1.807) is 0 Å².